The van der Waals surface area contributed by atoms with Crippen LogP contribution >= 0.6 is 0 Å². The van der Waals surface area contributed by atoms with Crippen molar-refractivity contribution in [2.24, 2.45) is 5.84 Å². The number of hydrazine groups is 1. The van der Waals surface area contributed by atoms with Crippen LogP contribution in [0.5, 0.6) is 5.75 Å². The van der Waals surface area contributed by atoms with E-state index in [-0.39, 0.29) is 5.91 Å². The Hall–Kier alpha value is -1.59. The van der Waals surface area contributed by atoms with Crippen molar-refractivity contribution in [3.8, 4) is 5.75 Å². The molecule has 106 valence electrons. The standard InChI is InChI=1S/C14H22N2O3/c1-2-3-4-8-18-9-10-19-13-7-5-6-12(11-13)14(17)16-15/h5-7,11H,2-4,8-10,15H2,1H3,(H,16,17). The number of nitrogen functional groups attached to an aromatic ring is 1. The number of rotatable bonds is 9. The zero-order chi connectivity index (χ0) is 13.9. The van der Waals surface area contributed by atoms with Crippen LogP contribution in [0.3, 0.4) is 0 Å². The molecule has 1 aromatic rings. The van der Waals surface area contributed by atoms with Crippen molar-refractivity contribution in [2.75, 3.05) is 19.8 Å². The molecule has 19 heavy (non-hydrogen) atoms. The summed E-state index contributed by atoms with van der Waals surface area (Å²) in [5, 5.41) is 0. The Morgan fingerprint density at radius 2 is 2.11 bits per heavy atom. The number of unbranched alkanes of at least 4 members (excludes halogenated alkanes) is 2. The van der Waals surface area contributed by atoms with E-state index in [0.717, 1.165) is 13.0 Å². The van der Waals surface area contributed by atoms with Crippen LogP contribution in [0.15, 0.2) is 24.3 Å². The number of nitrogens with two attached hydrogens (primary N) is 1. The van der Waals surface area contributed by atoms with Gasteiger partial charge in [0.2, 0.25) is 0 Å². The van der Waals surface area contributed by atoms with Gasteiger partial charge in [0.25, 0.3) is 5.91 Å². The lowest BCUT2D eigenvalue weighted by atomic mass is 10.2. The summed E-state index contributed by atoms with van der Waals surface area (Å²) in [4.78, 5) is 11.3. The molecule has 1 amide bonds. The van der Waals surface area contributed by atoms with Crippen LogP contribution in [0.25, 0.3) is 0 Å². The maximum atomic E-state index is 11.3. The molecule has 0 bridgehead atoms. The first kappa shape index (κ1) is 15.5. The lowest BCUT2D eigenvalue weighted by Gasteiger charge is -2.08. The molecule has 0 atom stereocenters. The Labute approximate surface area is 114 Å². The highest BCUT2D eigenvalue weighted by Crippen LogP contribution is 2.13. The molecule has 0 unspecified atom stereocenters. The van der Waals surface area contributed by atoms with Crippen molar-refractivity contribution in [1.29, 1.82) is 0 Å². The fourth-order valence-electron chi connectivity index (χ4n) is 1.59. The summed E-state index contributed by atoms with van der Waals surface area (Å²) in [6, 6.07) is 6.88. The lowest BCUT2D eigenvalue weighted by Crippen LogP contribution is -2.29. The van der Waals surface area contributed by atoms with Gasteiger partial charge in [0, 0.05) is 12.2 Å². The third kappa shape index (κ3) is 6.22. The fourth-order valence-corrected chi connectivity index (χ4v) is 1.59. The Bertz CT molecular complexity index is 383. The quantitative estimate of drug-likeness (QED) is 0.310. The highest BCUT2D eigenvalue weighted by molar-refractivity contribution is 5.94. The van der Waals surface area contributed by atoms with Crippen molar-refractivity contribution in [3.63, 3.8) is 0 Å². The normalized spacial score (nSPS) is 10.2. The van der Waals surface area contributed by atoms with Crippen LogP contribution in [-0.4, -0.2) is 25.7 Å². The van der Waals surface area contributed by atoms with E-state index in [1.807, 2.05) is 0 Å². The average Bonchev–Trinajstić information content (AvgIpc) is 2.46. The van der Waals surface area contributed by atoms with E-state index in [1.54, 1.807) is 24.3 Å². The van der Waals surface area contributed by atoms with Crippen molar-refractivity contribution >= 4 is 5.91 Å². The largest absolute Gasteiger partial charge is 0.491 e. The van der Waals surface area contributed by atoms with Gasteiger partial charge in [-0.3, -0.25) is 10.2 Å². The molecule has 0 aromatic heterocycles. The summed E-state index contributed by atoms with van der Waals surface area (Å²) in [6.45, 7) is 3.96. The van der Waals surface area contributed by atoms with Gasteiger partial charge in [0.05, 0.1) is 6.61 Å². The van der Waals surface area contributed by atoms with E-state index < -0.39 is 0 Å². The fraction of sp³-hybridized carbons (Fsp3) is 0.500. The van der Waals surface area contributed by atoms with Gasteiger partial charge in [-0.15, -0.1) is 0 Å². The van der Waals surface area contributed by atoms with E-state index in [9.17, 15) is 4.79 Å². The number of carbonyl (C=O) groups excluding carboxylic acids is 1. The summed E-state index contributed by atoms with van der Waals surface area (Å²) in [5.41, 5.74) is 2.56. The van der Waals surface area contributed by atoms with E-state index >= 15 is 0 Å². The highest BCUT2D eigenvalue weighted by Gasteiger charge is 2.04. The molecule has 5 nitrogen and oxygen atoms in total. The predicted molar refractivity (Wildman–Crippen MR) is 73.9 cm³/mol. The van der Waals surface area contributed by atoms with E-state index in [1.165, 1.54) is 12.8 Å². The zero-order valence-electron chi connectivity index (χ0n) is 11.4. The maximum absolute atomic E-state index is 11.3. The molecule has 5 heteroatoms. The van der Waals surface area contributed by atoms with Gasteiger partial charge >= 0.3 is 0 Å². The van der Waals surface area contributed by atoms with Gasteiger partial charge in [0.1, 0.15) is 12.4 Å². The molecule has 0 fully saturated rings. The third-order valence-corrected chi connectivity index (χ3v) is 2.62. The summed E-state index contributed by atoms with van der Waals surface area (Å²) < 4.78 is 10.9. The number of carbonyl (C=O) groups is 1. The van der Waals surface area contributed by atoms with Crippen molar-refractivity contribution < 1.29 is 14.3 Å². The van der Waals surface area contributed by atoms with Crippen LogP contribution in [0.1, 0.15) is 36.5 Å². The molecule has 1 aromatic carbocycles. The molecule has 1 rings (SSSR count). The maximum Gasteiger partial charge on any atom is 0.265 e. The molecule has 0 saturated heterocycles. The number of nitrogens with one attached hydrogen (secondary N) is 1. The second-order valence-corrected chi connectivity index (χ2v) is 4.17. The van der Waals surface area contributed by atoms with Gasteiger partial charge in [0.15, 0.2) is 0 Å². The van der Waals surface area contributed by atoms with Crippen LogP contribution in [0.2, 0.25) is 0 Å². The molecular weight excluding hydrogens is 244 g/mol. The molecular formula is C14H22N2O3. The lowest BCUT2D eigenvalue weighted by molar-refractivity contribution is 0.0947. The molecule has 3 N–H and O–H groups in total. The number of hydrogen-bond acceptors (Lipinski definition) is 4. The second-order valence-electron chi connectivity index (χ2n) is 4.17. The Balaban J connectivity index is 2.24. The highest BCUT2D eigenvalue weighted by atomic mass is 16.5. The number of ether oxygens (including phenoxy) is 2. The minimum Gasteiger partial charge on any atom is -0.491 e. The number of hydrogen-bond donors (Lipinski definition) is 2. The Kier molecular flexibility index (Phi) is 7.62. The predicted octanol–water partition coefficient (Wildman–Crippen LogP) is 1.88. The minimum atomic E-state index is -0.332. The van der Waals surface area contributed by atoms with E-state index in [0.29, 0.717) is 24.5 Å². The minimum absolute atomic E-state index is 0.332. The first-order valence-corrected chi connectivity index (χ1v) is 6.59. The molecule has 0 aliphatic carbocycles. The van der Waals surface area contributed by atoms with Gasteiger partial charge in [-0.25, -0.2) is 5.84 Å². The number of benzene rings is 1. The topological polar surface area (TPSA) is 73.6 Å². The van der Waals surface area contributed by atoms with Crippen molar-refractivity contribution in [1.82, 2.24) is 5.43 Å². The first-order chi connectivity index (χ1) is 9.27. The molecule has 0 aliphatic heterocycles. The van der Waals surface area contributed by atoms with Gasteiger partial charge in [-0.1, -0.05) is 25.8 Å². The van der Waals surface area contributed by atoms with Gasteiger partial charge in [-0.2, -0.15) is 0 Å². The molecule has 0 spiro atoms. The monoisotopic (exact) mass is 266 g/mol. The summed E-state index contributed by atoms with van der Waals surface area (Å²) in [5.74, 6) is 5.38. The van der Waals surface area contributed by atoms with E-state index in [4.69, 9.17) is 15.3 Å². The summed E-state index contributed by atoms with van der Waals surface area (Å²) in [6.07, 6.45) is 3.47. The average molecular weight is 266 g/mol. The van der Waals surface area contributed by atoms with E-state index in [2.05, 4.69) is 12.3 Å². The molecule has 0 saturated carbocycles. The molecule has 0 radical (unpaired) electrons. The second kappa shape index (κ2) is 9.35. The smallest absolute Gasteiger partial charge is 0.265 e. The van der Waals surface area contributed by atoms with Crippen LogP contribution in [-0.2, 0) is 4.74 Å². The molecule has 0 aliphatic rings. The first-order valence-electron chi connectivity index (χ1n) is 6.59. The third-order valence-electron chi connectivity index (χ3n) is 2.62. The van der Waals surface area contributed by atoms with Crippen molar-refractivity contribution in [3.05, 3.63) is 29.8 Å². The zero-order valence-corrected chi connectivity index (χ0v) is 11.4. The Morgan fingerprint density at radius 1 is 1.26 bits per heavy atom. The van der Waals surface area contributed by atoms with Crippen LogP contribution in [0, 0.1) is 0 Å². The SMILES string of the molecule is CCCCCOCCOc1cccc(C(=O)NN)c1. The summed E-state index contributed by atoms with van der Waals surface area (Å²) >= 11 is 0. The summed E-state index contributed by atoms with van der Waals surface area (Å²) in [7, 11) is 0. The van der Waals surface area contributed by atoms with Crippen LogP contribution < -0.4 is 16.0 Å². The van der Waals surface area contributed by atoms with Gasteiger partial charge in [-0.05, 0) is 24.6 Å². The molecule has 0 heterocycles. The van der Waals surface area contributed by atoms with Gasteiger partial charge < -0.3 is 9.47 Å². The van der Waals surface area contributed by atoms with Crippen LogP contribution in [0.4, 0.5) is 0 Å². The Morgan fingerprint density at radius 3 is 2.84 bits per heavy atom. The number of amides is 1. The van der Waals surface area contributed by atoms with Crippen molar-refractivity contribution in [2.45, 2.75) is 26.2 Å².